The van der Waals surface area contributed by atoms with Crippen LogP contribution in [0.2, 0.25) is 0 Å². The third-order valence-corrected chi connectivity index (χ3v) is 4.44. The summed E-state index contributed by atoms with van der Waals surface area (Å²) in [5.74, 6) is -1.93. The van der Waals surface area contributed by atoms with Gasteiger partial charge < -0.3 is 55.7 Å². The van der Waals surface area contributed by atoms with Crippen molar-refractivity contribution in [2.24, 2.45) is 5.73 Å². The lowest BCUT2D eigenvalue weighted by molar-refractivity contribution is -0.406. The van der Waals surface area contributed by atoms with Crippen LogP contribution in [0.5, 0.6) is 0 Å². The molecule has 142 valence electrons. The van der Waals surface area contributed by atoms with Gasteiger partial charge in [0.1, 0.15) is 42.7 Å². The minimum absolute atomic E-state index is 0.620. The van der Waals surface area contributed by atoms with Crippen LogP contribution in [0.15, 0.2) is 0 Å². The normalized spacial score (nSPS) is 53.1. The first-order chi connectivity index (χ1) is 11.2. The quantitative estimate of drug-likeness (QED) is 0.240. The third-order valence-electron chi connectivity index (χ3n) is 4.44. The van der Waals surface area contributed by atoms with Gasteiger partial charge in [0.15, 0.2) is 12.1 Å². The second-order valence-electron chi connectivity index (χ2n) is 6.18. The first-order valence-corrected chi connectivity index (χ1v) is 7.55. The summed E-state index contributed by atoms with van der Waals surface area (Å²) in [6, 6.07) is -1.24. The van der Waals surface area contributed by atoms with Crippen molar-refractivity contribution in [3.05, 3.63) is 0 Å². The summed E-state index contributed by atoms with van der Waals surface area (Å²) in [6.45, 7) is -0.0372. The van der Waals surface area contributed by atoms with Crippen LogP contribution in [0.3, 0.4) is 0 Å². The molecule has 0 bridgehead atoms. The van der Waals surface area contributed by atoms with E-state index in [1.165, 1.54) is 6.92 Å². The minimum Gasteiger partial charge on any atom is -0.394 e. The molecule has 0 aromatic rings. The molecule has 2 aliphatic heterocycles. The maximum atomic E-state index is 10.1. The molecule has 2 saturated heterocycles. The topological polar surface area (TPSA) is 195 Å². The number of ether oxygens (including phenoxy) is 3. The molecule has 0 radical (unpaired) electrons. The van der Waals surface area contributed by atoms with Gasteiger partial charge in [-0.15, -0.1) is 0 Å². The van der Waals surface area contributed by atoms with Crippen molar-refractivity contribution in [1.29, 1.82) is 0 Å². The van der Waals surface area contributed by atoms with Gasteiger partial charge in [0.25, 0.3) is 0 Å². The van der Waals surface area contributed by atoms with Crippen molar-refractivity contribution in [1.82, 2.24) is 0 Å². The summed E-state index contributed by atoms with van der Waals surface area (Å²) >= 11 is 0. The highest BCUT2D eigenvalue weighted by Crippen LogP contribution is 2.34. The average Bonchev–Trinajstić information content (AvgIpc) is 2.57. The smallest absolute Gasteiger partial charge is 0.197 e. The second-order valence-corrected chi connectivity index (χ2v) is 6.18. The van der Waals surface area contributed by atoms with E-state index in [1.807, 2.05) is 0 Å². The van der Waals surface area contributed by atoms with Crippen LogP contribution in [-0.4, -0.2) is 110 Å². The van der Waals surface area contributed by atoms with Crippen molar-refractivity contribution in [3.8, 4) is 0 Å². The van der Waals surface area contributed by atoms with E-state index in [0.29, 0.717) is 0 Å². The fraction of sp³-hybridized carbons (Fsp3) is 1.00. The van der Waals surface area contributed by atoms with E-state index in [0.717, 1.165) is 0 Å². The lowest BCUT2D eigenvalue weighted by Gasteiger charge is -2.49. The highest BCUT2D eigenvalue weighted by molar-refractivity contribution is 4.97. The van der Waals surface area contributed by atoms with Crippen LogP contribution >= 0.6 is 0 Å². The van der Waals surface area contributed by atoms with Gasteiger partial charge in [0.05, 0.1) is 19.3 Å². The molecule has 0 saturated carbocycles. The number of aliphatic hydroxyl groups excluding tert-OH is 7. The minimum atomic E-state index is -1.93. The molecular weight excluding hydrogens is 330 g/mol. The molecule has 10 unspecified atom stereocenters. The Hall–Kier alpha value is -0.440. The van der Waals surface area contributed by atoms with E-state index in [4.69, 9.17) is 19.9 Å². The Kier molecular flexibility index (Phi) is 6.16. The summed E-state index contributed by atoms with van der Waals surface area (Å²) in [6.07, 6.45) is -11.7. The zero-order valence-corrected chi connectivity index (χ0v) is 13.0. The van der Waals surface area contributed by atoms with Gasteiger partial charge in [-0.05, 0) is 6.92 Å². The number of hydrogen-bond acceptors (Lipinski definition) is 11. The van der Waals surface area contributed by atoms with Crippen molar-refractivity contribution in [2.75, 3.05) is 13.2 Å². The first-order valence-electron chi connectivity index (χ1n) is 7.55. The number of nitrogens with two attached hydrogens (primary N) is 1. The van der Waals surface area contributed by atoms with Gasteiger partial charge in [0, 0.05) is 0 Å². The predicted octanol–water partition coefficient (Wildman–Crippen LogP) is -5.04. The van der Waals surface area contributed by atoms with Crippen LogP contribution in [0.1, 0.15) is 6.92 Å². The summed E-state index contributed by atoms with van der Waals surface area (Å²) in [5.41, 5.74) is 5.74. The van der Waals surface area contributed by atoms with E-state index in [1.54, 1.807) is 0 Å². The molecule has 0 aromatic carbocycles. The molecule has 0 spiro atoms. The molecule has 2 rings (SSSR count). The van der Waals surface area contributed by atoms with Crippen molar-refractivity contribution >= 4 is 0 Å². The molecule has 11 nitrogen and oxygen atoms in total. The maximum absolute atomic E-state index is 10.1. The Bertz CT molecular complexity index is 424. The Morgan fingerprint density at radius 1 is 0.917 bits per heavy atom. The molecule has 24 heavy (non-hydrogen) atoms. The maximum Gasteiger partial charge on any atom is 0.197 e. The average molecular weight is 355 g/mol. The summed E-state index contributed by atoms with van der Waals surface area (Å²) in [4.78, 5) is 0. The molecule has 2 heterocycles. The molecule has 0 aromatic heterocycles. The fourth-order valence-electron chi connectivity index (χ4n) is 2.84. The van der Waals surface area contributed by atoms with Crippen LogP contribution in [0, 0.1) is 0 Å². The molecule has 0 aliphatic carbocycles. The highest BCUT2D eigenvalue weighted by Gasteiger charge is 2.55. The summed E-state index contributed by atoms with van der Waals surface area (Å²) < 4.78 is 16.1. The first kappa shape index (κ1) is 19.9. The molecule has 9 N–H and O–H groups in total. The van der Waals surface area contributed by atoms with E-state index in [-0.39, 0.29) is 0 Å². The Labute approximate surface area is 137 Å². The lowest BCUT2D eigenvalue weighted by Crippen LogP contribution is -2.69. The Morgan fingerprint density at radius 3 is 2.00 bits per heavy atom. The number of aliphatic hydroxyl groups is 7. The van der Waals surface area contributed by atoms with Gasteiger partial charge in [-0.2, -0.15) is 0 Å². The van der Waals surface area contributed by atoms with Gasteiger partial charge in [-0.3, -0.25) is 0 Å². The summed E-state index contributed by atoms with van der Waals surface area (Å²) in [5, 5.41) is 67.8. The zero-order chi connectivity index (χ0) is 18.2. The molecule has 2 fully saturated rings. The number of rotatable bonds is 4. The SMILES string of the molecule is CC1(OC2OC(CO)C(O)C(O)C2N)OC(CO)C(O)C(O)C1O. The van der Waals surface area contributed by atoms with E-state index >= 15 is 0 Å². The van der Waals surface area contributed by atoms with Crippen LogP contribution in [-0.2, 0) is 14.2 Å². The van der Waals surface area contributed by atoms with Gasteiger partial charge >= 0.3 is 0 Å². The van der Waals surface area contributed by atoms with Gasteiger partial charge in [0.2, 0.25) is 0 Å². The van der Waals surface area contributed by atoms with E-state index in [9.17, 15) is 35.7 Å². The monoisotopic (exact) mass is 355 g/mol. The largest absolute Gasteiger partial charge is 0.394 e. The standard InChI is InChI=1S/C13H25NO10/c1-13(11(21)10(20)8(18)5(3-16)23-13)24-12-6(14)9(19)7(17)4(2-15)22-12/h4-12,15-21H,2-3,14H2,1H3. The number of hydrogen-bond donors (Lipinski definition) is 8. The fourth-order valence-corrected chi connectivity index (χ4v) is 2.84. The predicted molar refractivity (Wildman–Crippen MR) is 75.2 cm³/mol. The lowest BCUT2D eigenvalue weighted by atomic mass is 9.93. The highest BCUT2D eigenvalue weighted by atomic mass is 16.8. The second kappa shape index (κ2) is 7.43. The zero-order valence-electron chi connectivity index (χ0n) is 13.0. The van der Waals surface area contributed by atoms with E-state index in [2.05, 4.69) is 0 Å². The molecule has 10 atom stereocenters. The Morgan fingerprint density at radius 2 is 1.46 bits per heavy atom. The van der Waals surface area contributed by atoms with Crippen molar-refractivity contribution in [2.45, 2.75) is 67.8 Å². The van der Waals surface area contributed by atoms with Gasteiger partial charge in [-0.1, -0.05) is 0 Å². The Balaban J connectivity index is 2.18. The molecule has 11 heteroatoms. The molecular formula is C13H25NO10. The van der Waals surface area contributed by atoms with Crippen LogP contribution < -0.4 is 5.73 Å². The molecule has 0 amide bonds. The summed E-state index contributed by atoms with van der Waals surface area (Å²) in [7, 11) is 0. The molecule has 2 aliphatic rings. The van der Waals surface area contributed by atoms with Crippen molar-refractivity contribution < 1.29 is 50.0 Å². The van der Waals surface area contributed by atoms with Crippen LogP contribution in [0.4, 0.5) is 0 Å². The van der Waals surface area contributed by atoms with Crippen molar-refractivity contribution in [3.63, 3.8) is 0 Å². The van der Waals surface area contributed by atoms with E-state index < -0.39 is 74.1 Å². The van der Waals surface area contributed by atoms with Gasteiger partial charge in [-0.25, -0.2) is 0 Å². The van der Waals surface area contributed by atoms with Crippen LogP contribution in [0.25, 0.3) is 0 Å². The third kappa shape index (κ3) is 3.43.